The third kappa shape index (κ3) is 4.06. The van der Waals surface area contributed by atoms with E-state index in [-0.39, 0.29) is 18.6 Å². The highest BCUT2D eigenvalue weighted by Gasteiger charge is 2.07. The largest absolute Gasteiger partial charge is 0.489 e. The number of nitrogens with zero attached hydrogens (tertiary/aromatic N) is 1. The highest BCUT2D eigenvalue weighted by atomic mass is 19.1. The molecule has 22 heavy (non-hydrogen) atoms. The predicted molar refractivity (Wildman–Crippen MR) is 77.8 cm³/mol. The average Bonchev–Trinajstić information content (AvgIpc) is 2.51. The monoisotopic (exact) mass is 299 g/mol. The summed E-state index contributed by atoms with van der Waals surface area (Å²) in [6.07, 6.45) is 0.457. The normalized spacial score (nSPS) is 10.0. The summed E-state index contributed by atoms with van der Waals surface area (Å²) in [6.45, 7) is 0.209. The van der Waals surface area contributed by atoms with Gasteiger partial charge in [0.25, 0.3) is 0 Å². The molecule has 0 unspecified atom stereocenters. The molecule has 0 saturated carbocycles. The molecule has 0 atom stereocenters. The lowest BCUT2D eigenvalue weighted by Crippen LogP contribution is -2.03. The van der Waals surface area contributed by atoms with Gasteiger partial charge in [-0.3, -0.25) is 4.79 Å². The van der Waals surface area contributed by atoms with Crippen molar-refractivity contribution in [1.82, 2.24) is 0 Å². The molecular formula is C17H14FNO3. The van der Waals surface area contributed by atoms with E-state index in [1.165, 1.54) is 18.2 Å². The van der Waals surface area contributed by atoms with Crippen LogP contribution in [0, 0.1) is 17.1 Å². The van der Waals surface area contributed by atoms with E-state index in [4.69, 9.17) is 15.1 Å². The van der Waals surface area contributed by atoms with Crippen LogP contribution in [0.2, 0.25) is 0 Å². The number of carboxylic acid groups (broad SMARTS) is 1. The number of hydrogen-bond donors (Lipinski definition) is 1. The second kappa shape index (κ2) is 7.23. The Morgan fingerprint density at radius 1 is 1.23 bits per heavy atom. The summed E-state index contributed by atoms with van der Waals surface area (Å²) in [5, 5.41) is 17.4. The Balaban J connectivity index is 2.07. The number of benzene rings is 2. The fourth-order valence-electron chi connectivity index (χ4n) is 2.02. The molecule has 0 aliphatic rings. The zero-order valence-electron chi connectivity index (χ0n) is 11.8. The third-order valence-corrected chi connectivity index (χ3v) is 3.18. The summed E-state index contributed by atoms with van der Waals surface area (Å²) in [5.41, 5.74) is 1.71. The highest BCUT2D eigenvalue weighted by Crippen LogP contribution is 2.19. The van der Waals surface area contributed by atoms with Gasteiger partial charge in [-0.2, -0.15) is 5.26 Å². The Morgan fingerprint density at radius 2 is 1.95 bits per heavy atom. The first-order valence-electron chi connectivity index (χ1n) is 6.71. The Morgan fingerprint density at radius 3 is 2.59 bits per heavy atom. The van der Waals surface area contributed by atoms with E-state index in [0.29, 0.717) is 12.2 Å². The van der Waals surface area contributed by atoms with Gasteiger partial charge in [-0.15, -0.1) is 0 Å². The fraction of sp³-hybridized carbons (Fsp3) is 0.176. The van der Waals surface area contributed by atoms with Crippen LogP contribution in [-0.2, 0) is 17.8 Å². The lowest BCUT2D eigenvalue weighted by Gasteiger charge is -2.11. The van der Waals surface area contributed by atoms with Crippen LogP contribution < -0.4 is 4.74 Å². The van der Waals surface area contributed by atoms with Crippen molar-refractivity contribution < 1.29 is 19.0 Å². The number of halogens is 1. The standard InChI is InChI=1S/C17H14FNO3/c18-16-9-15(7-5-13(16)10-19)22-11-14-4-2-1-3-12(14)6-8-17(20)21/h1-5,7,9H,6,8,11H2,(H,20,21). The lowest BCUT2D eigenvalue weighted by atomic mass is 10.0. The molecule has 2 aromatic rings. The van der Waals surface area contributed by atoms with Crippen molar-refractivity contribution in [3.05, 3.63) is 65.0 Å². The molecule has 0 aromatic heterocycles. The van der Waals surface area contributed by atoms with Crippen molar-refractivity contribution in [1.29, 1.82) is 5.26 Å². The van der Waals surface area contributed by atoms with Crippen LogP contribution in [0.1, 0.15) is 23.1 Å². The molecule has 0 aliphatic carbocycles. The Hall–Kier alpha value is -2.87. The molecule has 0 heterocycles. The van der Waals surface area contributed by atoms with E-state index in [1.54, 1.807) is 6.07 Å². The van der Waals surface area contributed by atoms with Gasteiger partial charge in [0.05, 0.1) is 5.56 Å². The van der Waals surface area contributed by atoms with Crippen molar-refractivity contribution in [2.24, 2.45) is 0 Å². The number of aryl methyl sites for hydroxylation is 1. The molecule has 112 valence electrons. The second-order valence-corrected chi connectivity index (χ2v) is 4.70. The molecule has 5 heteroatoms. The summed E-state index contributed by atoms with van der Waals surface area (Å²) >= 11 is 0. The number of nitriles is 1. The summed E-state index contributed by atoms with van der Waals surface area (Å²) < 4.78 is 19.0. The van der Waals surface area contributed by atoms with Crippen LogP contribution in [-0.4, -0.2) is 11.1 Å². The minimum absolute atomic E-state index is 0.0331. The van der Waals surface area contributed by atoms with Gasteiger partial charge in [-0.25, -0.2) is 4.39 Å². The first-order valence-corrected chi connectivity index (χ1v) is 6.71. The Bertz CT molecular complexity index is 722. The van der Waals surface area contributed by atoms with Crippen molar-refractivity contribution in [3.63, 3.8) is 0 Å². The van der Waals surface area contributed by atoms with E-state index in [2.05, 4.69) is 0 Å². The zero-order chi connectivity index (χ0) is 15.9. The van der Waals surface area contributed by atoms with Gasteiger partial charge >= 0.3 is 5.97 Å². The number of rotatable bonds is 6. The maximum atomic E-state index is 13.5. The quantitative estimate of drug-likeness (QED) is 0.888. The topological polar surface area (TPSA) is 70.3 Å². The number of ether oxygens (including phenoxy) is 1. The molecule has 2 aromatic carbocycles. The first-order chi connectivity index (χ1) is 10.6. The fourth-order valence-corrected chi connectivity index (χ4v) is 2.02. The molecule has 0 aliphatic heterocycles. The van der Waals surface area contributed by atoms with E-state index < -0.39 is 11.8 Å². The van der Waals surface area contributed by atoms with Crippen LogP contribution in [0.3, 0.4) is 0 Å². The Labute approximate surface area is 127 Å². The number of aliphatic carboxylic acids is 1. The van der Waals surface area contributed by atoms with E-state index >= 15 is 0 Å². The van der Waals surface area contributed by atoms with Crippen LogP contribution in [0.15, 0.2) is 42.5 Å². The first kappa shape index (κ1) is 15.5. The molecule has 0 saturated heterocycles. The SMILES string of the molecule is N#Cc1ccc(OCc2ccccc2CCC(=O)O)cc1F. The predicted octanol–water partition coefficient (Wildman–Crippen LogP) is 3.29. The maximum absolute atomic E-state index is 13.5. The third-order valence-electron chi connectivity index (χ3n) is 3.18. The van der Waals surface area contributed by atoms with Gasteiger partial charge in [-0.1, -0.05) is 24.3 Å². The number of carbonyl (C=O) groups is 1. The molecule has 2 rings (SSSR count). The van der Waals surface area contributed by atoms with Crippen molar-refractivity contribution in [2.75, 3.05) is 0 Å². The molecule has 4 nitrogen and oxygen atoms in total. The molecule has 0 amide bonds. The molecule has 1 N–H and O–H groups in total. The van der Waals surface area contributed by atoms with Crippen LogP contribution in [0.25, 0.3) is 0 Å². The molecule has 0 bridgehead atoms. The molecule has 0 fully saturated rings. The molecular weight excluding hydrogens is 285 g/mol. The minimum Gasteiger partial charge on any atom is -0.489 e. The second-order valence-electron chi connectivity index (χ2n) is 4.70. The number of carboxylic acids is 1. The molecule has 0 spiro atoms. The maximum Gasteiger partial charge on any atom is 0.303 e. The molecule has 0 radical (unpaired) electrons. The van der Waals surface area contributed by atoms with E-state index in [1.807, 2.05) is 24.3 Å². The summed E-state index contributed by atoms with van der Waals surface area (Å²) in [4.78, 5) is 10.7. The van der Waals surface area contributed by atoms with Gasteiger partial charge in [0.2, 0.25) is 0 Å². The summed E-state index contributed by atoms with van der Waals surface area (Å²) in [6, 6.07) is 13.2. The number of hydrogen-bond acceptors (Lipinski definition) is 3. The van der Waals surface area contributed by atoms with Gasteiger partial charge in [-0.05, 0) is 29.7 Å². The minimum atomic E-state index is -0.857. The van der Waals surface area contributed by atoms with Crippen molar-refractivity contribution in [3.8, 4) is 11.8 Å². The summed E-state index contributed by atoms with van der Waals surface area (Å²) in [5.74, 6) is -1.16. The van der Waals surface area contributed by atoms with E-state index in [0.717, 1.165) is 11.1 Å². The van der Waals surface area contributed by atoms with Crippen molar-refractivity contribution in [2.45, 2.75) is 19.4 Å². The van der Waals surface area contributed by atoms with E-state index in [9.17, 15) is 9.18 Å². The van der Waals surface area contributed by atoms with Gasteiger partial charge < -0.3 is 9.84 Å². The smallest absolute Gasteiger partial charge is 0.303 e. The van der Waals surface area contributed by atoms with Gasteiger partial charge in [0.1, 0.15) is 24.2 Å². The Kier molecular flexibility index (Phi) is 5.10. The average molecular weight is 299 g/mol. The lowest BCUT2D eigenvalue weighted by molar-refractivity contribution is -0.136. The zero-order valence-corrected chi connectivity index (χ0v) is 11.8. The van der Waals surface area contributed by atoms with Crippen LogP contribution in [0.5, 0.6) is 5.75 Å². The van der Waals surface area contributed by atoms with Gasteiger partial charge in [0, 0.05) is 12.5 Å². The van der Waals surface area contributed by atoms with Crippen LogP contribution in [0.4, 0.5) is 4.39 Å². The van der Waals surface area contributed by atoms with Crippen LogP contribution >= 0.6 is 0 Å². The van der Waals surface area contributed by atoms with Crippen molar-refractivity contribution >= 4 is 5.97 Å². The van der Waals surface area contributed by atoms with Gasteiger partial charge in [0.15, 0.2) is 0 Å². The summed E-state index contributed by atoms with van der Waals surface area (Å²) in [7, 11) is 0. The highest BCUT2D eigenvalue weighted by molar-refractivity contribution is 5.67.